The molecule has 1 unspecified atom stereocenters. The van der Waals surface area contributed by atoms with E-state index in [4.69, 9.17) is 15.2 Å². The Bertz CT molecular complexity index is 587. The third-order valence-corrected chi connectivity index (χ3v) is 3.32. The van der Waals surface area contributed by atoms with E-state index >= 15 is 0 Å². The third-order valence-electron chi connectivity index (χ3n) is 3.32. The number of ether oxygens (including phenoxy) is 2. The van der Waals surface area contributed by atoms with Gasteiger partial charge in [0, 0.05) is 24.2 Å². The first-order valence-electron chi connectivity index (χ1n) is 6.69. The lowest BCUT2D eigenvalue weighted by Crippen LogP contribution is -2.28. The molecule has 0 saturated carbocycles. The van der Waals surface area contributed by atoms with Gasteiger partial charge in [-0.25, -0.2) is 4.98 Å². The van der Waals surface area contributed by atoms with Crippen molar-refractivity contribution in [1.29, 1.82) is 0 Å². The maximum atomic E-state index is 5.93. The lowest BCUT2D eigenvalue weighted by molar-refractivity contribution is 0.356. The van der Waals surface area contributed by atoms with Crippen molar-refractivity contribution in [3.05, 3.63) is 24.4 Å². The zero-order valence-electron chi connectivity index (χ0n) is 12.1. The van der Waals surface area contributed by atoms with Crippen LogP contribution in [0, 0.1) is 0 Å². The van der Waals surface area contributed by atoms with Crippen LogP contribution in [0.3, 0.4) is 0 Å². The van der Waals surface area contributed by atoms with Gasteiger partial charge in [-0.05, 0) is 30.0 Å². The topological polar surface area (TPSA) is 69.4 Å². The van der Waals surface area contributed by atoms with E-state index < -0.39 is 0 Å². The lowest BCUT2D eigenvalue weighted by Gasteiger charge is -2.14. The molecule has 1 atom stereocenters. The highest BCUT2D eigenvalue weighted by Crippen LogP contribution is 2.34. The van der Waals surface area contributed by atoms with E-state index in [2.05, 4.69) is 17.2 Å². The lowest BCUT2D eigenvalue weighted by atomic mass is 10.1. The predicted molar refractivity (Wildman–Crippen MR) is 81.6 cm³/mol. The van der Waals surface area contributed by atoms with Crippen LogP contribution >= 0.6 is 0 Å². The summed E-state index contributed by atoms with van der Waals surface area (Å²) in [6.45, 7) is 2.76. The second-order valence-corrected chi connectivity index (χ2v) is 4.64. The van der Waals surface area contributed by atoms with Crippen LogP contribution in [0.15, 0.2) is 24.4 Å². The molecule has 20 heavy (non-hydrogen) atoms. The monoisotopic (exact) mass is 275 g/mol. The summed E-state index contributed by atoms with van der Waals surface area (Å²) in [6.07, 6.45) is 2.70. The largest absolute Gasteiger partial charge is 0.493 e. The molecule has 3 N–H and O–H groups in total. The molecule has 1 aromatic carbocycles. The first-order chi connectivity index (χ1) is 9.69. The number of hydrogen-bond donors (Lipinski definition) is 2. The van der Waals surface area contributed by atoms with Crippen LogP contribution in [0.4, 0.5) is 5.82 Å². The highest BCUT2D eigenvalue weighted by Gasteiger charge is 2.10. The smallest absolute Gasteiger partial charge is 0.161 e. The van der Waals surface area contributed by atoms with Gasteiger partial charge in [-0.2, -0.15) is 0 Å². The molecule has 1 heterocycles. The normalized spacial score (nSPS) is 12.2. The fraction of sp³-hybridized carbons (Fsp3) is 0.400. The molecule has 5 heteroatoms. The van der Waals surface area contributed by atoms with Crippen LogP contribution < -0.4 is 20.5 Å². The minimum Gasteiger partial charge on any atom is -0.493 e. The highest BCUT2D eigenvalue weighted by atomic mass is 16.5. The summed E-state index contributed by atoms with van der Waals surface area (Å²) in [4.78, 5) is 4.38. The van der Waals surface area contributed by atoms with E-state index in [-0.39, 0.29) is 6.04 Å². The molecule has 0 aliphatic heterocycles. The van der Waals surface area contributed by atoms with Crippen LogP contribution in [0.1, 0.15) is 13.3 Å². The van der Waals surface area contributed by atoms with Crippen LogP contribution in [0.5, 0.6) is 11.5 Å². The molecular formula is C15H21N3O2. The molecule has 0 saturated heterocycles. The number of hydrogen-bond acceptors (Lipinski definition) is 5. The van der Waals surface area contributed by atoms with Gasteiger partial charge in [0.2, 0.25) is 0 Å². The maximum Gasteiger partial charge on any atom is 0.161 e. The number of anilines is 1. The van der Waals surface area contributed by atoms with Crippen molar-refractivity contribution < 1.29 is 9.47 Å². The molecule has 0 bridgehead atoms. The Hall–Kier alpha value is -2.01. The molecule has 0 aliphatic carbocycles. The SMILES string of the molecule is CCC(N)CNc1nccc2cc(OC)c(OC)cc12. The number of fused-ring (bicyclic) bond motifs is 1. The molecule has 0 spiro atoms. The Morgan fingerprint density at radius 2 is 1.95 bits per heavy atom. The number of nitrogens with zero attached hydrogens (tertiary/aromatic N) is 1. The van der Waals surface area contributed by atoms with E-state index in [1.807, 2.05) is 18.2 Å². The molecule has 2 rings (SSSR count). The average molecular weight is 275 g/mol. The second-order valence-electron chi connectivity index (χ2n) is 4.64. The molecule has 0 fully saturated rings. The van der Waals surface area contributed by atoms with Gasteiger partial charge >= 0.3 is 0 Å². The molecule has 1 aromatic heterocycles. The van der Waals surface area contributed by atoms with Gasteiger partial charge in [0.05, 0.1) is 14.2 Å². The zero-order chi connectivity index (χ0) is 14.5. The molecule has 2 aromatic rings. The van der Waals surface area contributed by atoms with Gasteiger partial charge in [0.25, 0.3) is 0 Å². The Balaban J connectivity index is 2.40. The van der Waals surface area contributed by atoms with Crippen LogP contribution in [0.2, 0.25) is 0 Å². The first-order valence-corrected chi connectivity index (χ1v) is 6.69. The van der Waals surface area contributed by atoms with Crippen molar-refractivity contribution in [2.45, 2.75) is 19.4 Å². The summed E-state index contributed by atoms with van der Waals surface area (Å²) >= 11 is 0. The maximum absolute atomic E-state index is 5.93. The van der Waals surface area contributed by atoms with Crippen molar-refractivity contribution in [2.75, 3.05) is 26.1 Å². The fourth-order valence-electron chi connectivity index (χ4n) is 2.01. The summed E-state index contributed by atoms with van der Waals surface area (Å²) < 4.78 is 10.7. The van der Waals surface area contributed by atoms with E-state index in [1.165, 1.54) is 0 Å². The standard InChI is InChI=1S/C15H21N3O2/c1-4-11(16)9-18-15-12-8-14(20-3)13(19-2)7-10(12)5-6-17-15/h5-8,11H,4,9,16H2,1-3H3,(H,17,18). The van der Waals surface area contributed by atoms with Crippen molar-refractivity contribution >= 4 is 16.6 Å². The number of aromatic nitrogens is 1. The zero-order valence-corrected chi connectivity index (χ0v) is 12.1. The summed E-state index contributed by atoms with van der Waals surface area (Å²) in [6, 6.07) is 5.94. The predicted octanol–water partition coefficient (Wildman–Crippen LogP) is 2.40. The van der Waals surface area contributed by atoms with Crippen molar-refractivity contribution in [1.82, 2.24) is 4.98 Å². The first kappa shape index (κ1) is 14.4. The molecule has 0 aliphatic rings. The molecule has 0 radical (unpaired) electrons. The fourth-order valence-corrected chi connectivity index (χ4v) is 2.01. The molecular weight excluding hydrogens is 254 g/mol. The summed E-state index contributed by atoms with van der Waals surface area (Å²) in [5.74, 6) is 2.21. The summed E-state index contributed by atoms with van der Waals surface area (Å²) in [5, 5.41) is 5.34. The number of rotatable bonds is 6. The van der Waals surface area contributed by atoms with E-state index in [0.29, 0.717) is 18.0 Å². The Morgan fingerprint density at radius 1 is 1.25 bits per heavy atom. The minimum absolute atomic E-state index is 0.118. The number of methoxy groups -OCH3 is 2. The van der Waals surface area contributed by atoms with E-state index in [0.717, 1.165) is 23.0 Å². The van der Waals surface area contributed by atoms with Gasteiger partial charge in [-0.3, -0.25) is 0 Å². The van der Waals surface area contributed by atoms with E-state index in [9.17, 15) is 0 Å². The third kappa shape index (κ3) is 2.93. The number of benzene rings is 1. The van der Waals surface area contributed by atoms with Crippen LogP contribution in [0.25, 0.3) is 10.8 Å². The molecule has 0 amide bonds. The highest BCUT2D eigenvalue weighted by molar-refractivity contribution is 5.94. The Morgan fingerprint density at radius 3 is 2.60 bits per heavy atom. The number of nitrogens with two attached hydrogens (primary N) is 1. The Kier molecular flexibility index (Phi) is 4.63. The quantitative estimate of drug-likeness (QED) is 0.847. The van der Waals surface area contributed by atoms with Crippen LogP contribution in [-0.4, -0.2) is 31.8 Å². The summed E-state index contributed by atoms with van der Waals surface area (Å²) in [7, 11) is 3.25. The van der Waals surface area contributed by atoms with Gasteiger partial charge in [0.15, 0.2) is 11.5 Å². The summed E-state index contributed by atoms with van der Waals surface area (Å²) in [5.41, 5.74) is 5.93. The second kappa shape index (κ2) is 6.43. The Labute approximate surface area is 119 Å². The van der Waals surface area contributed by atoms with E-state index in [1.54, 1.807) is 20.4 Å². The van der Waals surface area contributed by atoms with Crippen molar-refractivity contribution in [2.24, 2.45) is 5.73 Å². The van der Waals surface area contributed by atoms with Gasteiger partial charge in [0.1, 0.15) is 5.82 Å². The minimum atomic E-state index is 0.118. The molecule has 5 nitrogen and oxygen atoms in total. The van der Waals surface area contributed by atoms with Crippen molar-refractivity contribution in [3.8, 4) is 11.5 Å². The van der Waals surface area contributed by atoms with Gasteiger partial charge in [-0.15, -0.1) is 0 Å². The molecule has 108 valence electrons. The number of pyridine rings is 1. The van der Waals surface area contributed by atoms with Gasteiger partial charge in [-0.1, -0.05) is 6.92 Å². The van der Waals surface area contributed by atoms with Crippen molar-refractivity contribution in [3.63, 3.8) is 0 Å². The average Bonchev–Trinajstić information content (AvgIpc) is 2.50. The number of nitrogens with one attached hydrogen (secondary N) is 1. The van der Waals surface area contributed by atoms with Gasteiger partial charge < -0.3 is 20.5 Å². The van der Waals surface area contributed by atoms with Crippen LogP contribution in [-0.2, 0) is 0 Å².